The molecular formula is C16H11N3O2S. The number of fused-ring (bicyclic) bond motifs is 3. The molecule has 1 aromatic carbocycles. The molecule has 0 radical (unpaired) electrons. The first-order chi connectivity index (χ1) is 10.8. The van der Waals surface area contributed by atoms with Crippen LogP contribution >= 0.6 is 11.3 Å². The average molecular weight is 309 g/mol. The third kappa shape index (κ3) is 2.14. The minimum Gasteiger partial charge on any atom is -0.456 e. The number of para-hydroxylation sites is 1. The van der Waals surface area contributed by atoms with E-state index in [2.05, 4.69) is 10.1 Å². The van der Waals surface area contributed by atoms with Crippen LogP contribution in [0.5, 0.6) is 0 Å². The number of rotatable bonds is 3. The molecule has 0 aliphatic carbocycles. The third-order valence-electron chi connectivity index (χ3n) is 3.38. The van der Waals surface area contributed by atoms with Gasteiger partial charge in [0.05, 0.1) is 11.7 Å². The van der Waals surface area contributed by atoms with Crippen LogP contribution in [0.15, 0.2) is 54.2 Å². The highest BCUT2D eigenvalue weighted by molar-refractivity contribution is 7.09. The van der Waals surface area contributed by atoms with Gasteiger partial charge in [-0.15, -0.1) is 11.3 Å². The lowest BCUT2D eigenvalue weighted by atomic mass is 10.2. The molecule has 0 saturated heterocycles. The average Bonchev–Trinajstić information content (AvgIpc) is 3.22. The number of esters is 1. The molecule has 0 aliphatic rings. The molecule has 0 spiro atoms. The molecule has 0 unspecified atom stereocenters. The van der Waals surface area contributed by atoms with E-state index in [0.717, 1.165) is 15.8 Å². The molecular weight excluding hydrogens is 298 g/mol. The molecule has 0 amide bonds. The van der Waals surface area contributed by atoms with Gasteiger partial charge in [-0.25, -0.2) is 14.3 Å². The molecule has 3 heterocycles. The predicted molar refractivity (Wildman–Crippen MR) is 83.9 cm³/mol. The molecule has 0 atom stereocenters. The fraction of sp³-hybridized carbons (Fsp3) is 0.0625. The number of hydrogen-bond acceptors (Lipinski definition) is 5. The smallest absolute Gasteiger partial charge is 0.344 e. The fourth-order valence-electron chi connectivity index (χ4n) is 2.32. The molecule has 6 heteroatoms. The second-order valence-electron chi connectivity index (χ2n) is 4.77. The van der Waals surface area contributed by atoms with Gasteiger partial charge in [-0.05, 0) is 17.5 Å². The standard InChI is InChI=1S/C16H11N3O2S/c20-16(21-10-12-5-3-7-22-12)13-9-18-19-14-6-2-1-4-11(14)8-17-15(13)19/h1-9H,10H2. The van der Waals surface area contributed by atoms with Crippen molar-refractivity contribution in [3.8, 4) is 0 Å². The van der Waals surface area contributed by atoms with Gasteiger partial charge in [0.25, 0.3) is 0 Å². The maximum absolute atomic E-state index is 12.2. The van der Waals surface area contributed by atoms with Crippen molar-refractivity contribution in [1.29, 1.82) is 0 Å². The van der Waals surface area contributed by atoms with Crippen molar-refractivity contribution in [2.75, 3.05) is 0 Å². The Morgan fingerprint density at radius 1 is 1.18 bits per heavy atom. The molecule has 3 aromatic heterocycles. The summed E-state index contributed by atoms with van der Waals surface area (Å²) in [5.41, 5.74) is 1.79. The maximum atomic E-state index is 12.2. The second kappa shape index (κ2) is 5.23. The van der Waals surface area contributed by atoms with Crippen LogP contribution in [0.1, 0.15) is 15.2 Å². The zero-order valence-electron chi connectivity index (χ0n) is 11.5. The normalized spacial score (nSPS) is 11.1. The number of aromatic nitrogens is 3. The summed E-state index contributed by atoms with van der Waals surface area (Å²) >= 11 is 1.55. The van der Waals surface area contributed by atoms with Crippen molar-refractivity contribution in [2.45, 2.75) is 6.61 Å². The molecule has 22 heavy (non-hydrogen) atoms. The summed E-state index contributed by atoms with van der Waals surface area (Å²) in [6.07, 6.45) is 3.24. The highest BCUT2D eigenvalue weighted by atomic mass is 32.1. The SMILES string of the molecule is O=C(OCc1cccs1)c1cnn2c1ncc1ccccc12. The Bertz CT molecular complexity index is 960. The Hall–Kier alpha value is -2.73. The number of ether oxygens (including phenoxy) is 1. The summed E-state index contributed by atoms with van der Waals surface area (Å²) in [5, 5.41) is 7.19. The van der Waals surface area contributed by atoms with Crippen LogP contribution in [0.3, 0.4) is 0 Å². The molecule has 4 aromatic rings. The van der Waals surface area contributed by atoms with Gasteiger partial charge < -0.3 is 4.74 Å². The largest absolute Gasteiger partial charge is 0.456 e. The lowest BCUT2D eigenvalue weighted by Crippen LogP contribution is -2.05. The molecule has 5 nitrogen and oxygen atoms in total. The van der Waals surface area contributed by atoms with Crippen molar-refractivity contribution in [1.82, 2.24) is 14.6 Å². The molecule has 0 bridgehead atoms. The summed E-state index contributed by atoms with van der Waals surface area (Å²) in [7, 11) is 0. The van der Waals surface area contributed by atoms with E-state index in [4.69, 9.17) is 4.74 Å². The van der Waals surface area contributed by atoms with Crippen molar-refractivity contribution in [3.05, 3.63) is 64.6 Å². The van der Waals surface area contributed by atoms with Crippen LogP contribution in [-0.4, -0.2) is 20.6 Å². The second-order valence-corrected chi connectivity index (χ2v) is 5.80. The predicted octanol–water partition coefficient (Wildman–Crippen LogP) is 3.30. The number of carbonyl (C=O) groups is 1. The van der Waals surface area contributed by atoms with Crippen LogP contribution in [0.25, 0.3) is 16.6 Å². The van der Waals surface area contributed by atoms with E-state index < -0.39 is 5.97 Å². The maximum Gasteiger partial charge on any atom is 0.344 e. The van der Waals surface area contributed by atoms with Gasteiger partial charge in [0.2, 0.25) is 0 Å². The van der Waals surface area contributed by atoms with Crippen LogP contribution < -0.4 is 0 Å². The van der Waals surface area contributed by atoms with Crippen molar-refractivity contribution in [3.63, 3.8) is 0 Å². The Morgan fingerprint density at radius 3 is 2.95 bits per heavy atom. The molecule has 0 fully saturated rings. The Morgan fingerprint density at radius 2 is 2.09 bits per heavy atom. The molecule has 0 aliphatic heterocycles. The fourth-order valence-corrected chi connectivity index (χ4v) is 2.93. The molecule has 108 valence electrons. The van der Waals surface area contributed by atoms with Gasteiger partial charge in [0.15, 0.2) is 5.65 Å². The van der Waals surface area contributed by atoms with Gasteiger partial charge in [0.1, 0.15) is 12.2 Å². The highest BCUT2D eigenvalue weighted by Gasteiger charge is 2.16. The van der Waals surface area contributed by atoms with Crippen molar-refractivity contribution >= 4 is 33.9 Å². The van der Waals surface area contributed by atoms with E-state index in [9.17, 15) is 4.79 Å². The number of nitrogens with zero attached hydrogens (tertiary/aromatic N) is 3. The van der Waals surface area contributed by atoms with Gasteiger partial charge in [0, 0.05) is 16.5 Å². The quantitative estimate of drug-likeness (QED) is 0.545. The number of benzene rings is 1. The Labute approximate surface area is 129 Å². The van der Waals surface area contributed by atoms with Gasteiger partial charge in [-0.1, -0.05) is 24.3 Å². The van der Waals surface area contributed by atoms with Crippen LogP contribution in [-0.2, 0) is 11.3 Å². The summed E-state index contributed by atoms with van der Waals surface area (Å²) in [6.45, 7) is 0.265. The van der Waals surface area contributed by atoms with E-state index >= 15 is 0 Å². The molecule has 0 N–H and O–H groups in total. The van der Waals surface area contributed by atoms with E-state index in [-0.39, 0.29) is 6.61 Å². The van der Waals surface area contributed by atoms with E-state index in [1.807, 2.05) is 41.8 Å². The van der Waals surface area contributed by atoms with Crippen LogP contribution in [0.4, 0.5) is 0 Å². The Balaban J connectivity index is 1.69. The number of thiophene rings is 1. The van der Waals surface area contributed by atoms with Gasteiger partial charge in [-0.3, -0.25) is 0 Å². The first-order valence-electron chi connectivity index (χ1n) is 6.74. The van der Waals surface area contributed by atoms with Crippen LogP contribution in [0, 0.1) is 0 Å². The molecule has 4 rings (SSSR count). The number of carbonyl (C=O) groups excluding carboxylic acids is 1. The summed E-state index contributed by atoms with van der Waals surface area (Å²) in [6, 6.07) is 11.6. The Kier molecular flexibility index (Phi) is 3.08. The lowest BCUT2D eigenvalue weighted by Gasteiger charge is -2.03. The number of hydrogen-bond donors (Lipinski definition) is 0. The van der Waals surface area contributed by atoms with Gasteiger partial charge >= 0.3 is 5.97 Å². The highest BCUT2D eigenvalue weighted by Crippen LogP contribution is 2.18. The first-order valence-corrected chi connectivity index (χ1v) is 7.62. The summed E-state index contributed by atoms with van der Waals surface area (Å²) in [5.74, 6) is -0.411. The lowest BCUT2D eigenvalue weighted by molar-refractivity contribution is 0.0479. The third-order valence-corrected chi connectivity index (χ3v) is 4.23. The minimum absolute atomic E-state index is 0.265. The van der Waals surface area contributed by atoms with E-state index in [0.29, 0.717) is 11.2 Å². The van der Waals surface area contributed by atoms with Crippen molar-refractivity contribution < 1.29 is 9.53 Å². The first kappa shape index (κ1) is 13.0. The van der Waals surface area contributed by atoms with E-state index in [1.54, 1.807) is 22.0 Å². The zero-order valence-corrected chi connectivity index (χ0v) is 12.3. The monoisotopic (exact) mass is 309 g/mol. The van der Waals surface area contributed by atoms with Crippen LogP contribution in [0.2, 0.25) is 0 Å². The molecule has 0 saturated carbocycles. The van der Waals surface area contributed by atoms with Crippen molar-refractivity contribution in [2.24, 2.45) is 0 Å². The summed E-state index contributed by atoms with van der Waals surface area (Å²) < 4.78 is 6.99. The topological polar surface area (TPSA) is 56.5 Å². The van der Waals surface area contributed by atoms with E-state index in [1.165, 1.54) is 6.20 Å². The minimum atomic E-state index is -0.411. The zero-order chi connectivity index (χ0) is 14.9. The van der Waals surface area contributed by atoms with Gasteiger partial charge in [-0.2, -0.15) is 5.10 Å². The summed E-state index contributed by atoms with van der Waals surface area (Å²) in [4.78, 5) is 17.6.